The van der Waals surface area contributed by atoms with Crippen molar-refractivity contribution in [2.75, 3.05) is 26.0 Å². The minimum absolute atomic E-state index is 0.0425. The van der Waals surface area contributed by atoms with Crippen LogP contribution < -0.4 is 15.2 Å². The highest BCUT2D eigenvalue weighted by Crippen LogP contribution is 2.34. The van der Waals surface area contributed by atoms with Gasteiger partial charge in [-0.25, -0.2) is 0 Å². The Morgan fingerprint density at radius 3 is 2.73 bits per heavy atom. The highest BCUT2D eigenvalue weighted by Gasteiger charge is 2.30. The Kier molecular flexibility index (Phi) is 5.63. The first-order valence-electron chi connectivity index (χ1n) is 8.70. The monoisotopic (exact) mass is 356 g/mol. The summed E-state index contributed by atoms with van der Waals surface area (Å²) in [6.07, 6.45) is 1.68. The van der Waals surface area contributed by atoms with Crippen molar-refractivity contribution in [3.8, 4) is 11.5 Å². The van der Waals surface area contributed by atoms with E-state index in [0.29, 0.717) is 35.9 Å². The molecule has 0 aromatic heterocycles. The second-order valence-corrected chi connectivity index (χ2v) is 6.34. The van der Waals surface area contributed by atoms with Crippen molar-refractivity contribution in [1.29, 1.82) is 0 Å². The van der Waals surface area contributed by atoms with E-state index in [1.165, 1.54) is 7.11 Å². The lowest BCUT2D eigenvalue weighted by molar-refractivity contribution is 0.0678. The lowest BCUT2D eigenvalue weighted by atomic mass is 10.1. The number of anilines is 1. The van der Waals surface area contributed by atoms with Gasteiger partial charge in [-0.3, -0.25) is 4.79 Å². The van der Waals surface area contributed by atoms with Gasteiger partial charge in [-0.15, -0.1) is 0 Å². The van der Waals surface area contributed by atoms with E-state index in [2.05, 4.69) is 0 Å². The Morgan fingerprint density at radius 1 is 1.27 bits per heavy atom. The number of rotatable bonds is 6. The van der Waals surface area contributed by atoms with Gasteiger partial charge in [0.15, 0.2) is 11.5 Å². The van der Waals surface area contributed by atoms with Gasteiger partial charge < -0.3 is 25.2 Å². The van der Waals surface area contributed by atoms with Crippen LogP contribution in [0, 0.1) is 0 Å². The molecular formula is C20H24N2O4. The lowest BCUT2D eigenvalue weighted by Gasteiger charge is -2.24. The highest BCUT2D eigenvalue weighted by atomic mass is 16.5. The van der Waals surface area contributed by atoms with Gasteiger partial charge in [-0.2, -0.15) is 0 Å². The maximum absolute atomic E-state index is 12.9. The van der Waals surface area contributed by atoms with Crippen LogP contribution in [0.25, 0.3) is 0 Å². The van der Waals surface area contributed by atoms with Crippen LogP contribution in [0.3, 0.4) is 0 Å². The number of aliphatic hydroxyl groups excluding tert-OH is 1. The number of hydrogen-bond donors (Lipinski definition) is 2. The Labute approximate surface area is 153 Å². The molecule has 3 N–H and O–H groups in total. The Hall–Kier alpha value is -2.73. The Balaban J connectivity index is 1.85. The smallest absolute Gasteiger partial charge is 0.256 e. The zero-order valence-electron chi connectivity index (χ0n) is 14.9. The van der Waals surface area contributed by atoms with Gasteiger partial charge in [0.2, 0.25) is 0 Å². The number of nitrogens with zero attached hydrogens (tertiary/aromatic N) is 1. The van der Waals surface area contributed by atoms with Crippen molar-refractivity contribution in [3.63, 3.8) is 0 Å². The maximum atomic E-state index is 12.9. The summed E-state index contributed by atoms with van der Waals surface area (Å²) in [5.74, 6) is 0.759. The van der Waals surface area contributed by atoms with Crippen LogP contribution in [0.5, 0.6) is 11.5 Å². The molecule has 138 valence electrons. The van der Waals surface area contributed by atoms with Crippen LogP contribution in [0.1, 0.15) is 28.8 Å². The summed E-state index contributed by atoms with van der Waals surface area (Å²) in [6.45, 7) is 0.937. The van der Waals surface area contributed by atoms with Gasteiger partial charge in [0.05, 0.1) is 25.3 Å². The molecule has 1 heterocycles. The van der Waals surface area contributed by atoms with Gasteiger partial charge in [-0.1, -0.05) is 30.3 Å². The summed E-state index contributed by atoms with van der Waals surface area (Å²) in [6, 6.07) is 12.8. The van der Waals surface area contributed by atoms with Crippen LogP contribution in [-0.2, 0) is 6.61 Å². The Morgan fingerprint density at radius 2 is 2.04 bits per heavy atom. The van der Waals surface area contributed by atoms with Crippen molar-refractivity contribution < 1.29 is 19.4 Å². The van der Waals surface area contributed by atoms with Crippen molar-refractivity contribution in [1.82, 2.24) is 4.90 Å². The average molecular weight is 356 g/mol. The number of carbonyl (C=O) groups excluding carboxylic acids is 1. The fraction of sp³-hybridized carbons (Fsp3) is 0.350. The quantitative estimate of drug-likeness (QED) is 0.777. The van der Waals surface area contributed by atoms with E-state index in [0.717, 1.165) is 18.4 Å². The third-order valence-electron chi connectivity index (χ3n) is 4.65. The molecular weight excluding hydrogens is 332 g/mol. The molecule has 0 radical (unpaired) electrons. The predicted molar refractivity (Wildman–Crippen MR) is 99.3 cm³/mol. The molecule has 0 aliphatic carbocycles. The minimum Gasteiger partial charge on any atom is -0.493 e. The second-order valence-electron chi connectivity index (χ2n) is 6.34. The Bertz CT molecular complexity index is 764. The average Bonchev–Trinajstić information content (AvgIpc) is 3.15. The fourth-order valence-electron chi connectivity index (χ4n) is 3.22. The van der Waals surface area contributed by atoms with Crippen molar-refractivity contribution in [2.45, 2.75) is 25.5 Å². The van der Waals surface area contributed by atoms with E-state index in [4.69, 9.17) is 15.2 Å². The van der Waals surface area contributed by atoms with Gasteiger partial charge in [0.1, 0.15) is 6.61 Å². The van der Waals surface area contributed by atoms with Crippen LogP contribution in [0.4, 0.5) is 5.69 Å². The summed E-state index contributed by atoms with van der Waals surface area (Å²) in [4.78, 5) is 14.6. The molecule has 1 atom stereocenters. The second kappa shape index (κ2) is 8.10. The molecule has 1 fully saturated rings. The molecule has 0 bridgehead atoms. The van der Waals surface area contributed by atoms with Crippen LogP contribution >= 0.6 is 0 Å². The third kappa shape index (κ3) is 3.75. The largest absolute Gasteiger partial charge is 0.493 e. The number of likely N-dealkylation sites (tertiary alicyclic amines) is 1. The zero-order chi connectivity index (χ0) is 18.5. The molecule has 1 aliphatic rings. The number of amides is 1. The molecule has 0 spiro atoms. The topological polar surface area (TPSA) is 85.0 Å². The minimum atomic E-state index is -0.189. The third-order valence-corrected chi connectivity index (χ3v) is 4.65. The molecule has 1 amide bonds. The highest BCUT2D eigenvalue weighted by molar-refractivity contribution is 6.00. The van der Waals surface area contributed by atoms with E-state index >= 15 is 0 Å². The molecule has 3 rings (SSSR count). The predicted octanol–water partition coefficient (Wildman–Crippen LogP) is 2.45. The summed E-state index contributed by atoms with van der Waals surface area (Å²) in [7, 11) is 1.54. The fourth-order valence-corrected chi connectivity index (χ4v) is 3.22. The molecule has 0 unspecified atom stereocenters. The molecule has 0 saturated carbocycles. The van der Waals surface area contributed by atoms with Crippen LogP contribution in [-0.4, -0.2) is 42.2 Å². The summed E-state index contributed by atoms with van der Waals surface area (Å²) in [5, 5.41) is 9.48. The normalized spacial score (nSPS) is 16.5. The molecule has 6 heteroatoms. The summed E-state index contributed by atoms with van der Waals surface area (Å²) >= 11 is 0. The van der Waals surface area contributed by atoms with E-state index < -0.39 is 0 Å². The number of nitrogen functional groups attached to an aromatic ring is 1. The van der Waals surface area contributed by atoms with Crippen molar-refractivity contribution in [3.05, 3.63) is 53.6 Å². The number of nitrogens with two attached hydrogens (primary N) is 1. The van der Waals surface area contributed by atoms with Gasteiger partial charge >= 0.3 is 0 Å². The maximum Gasteiger partial charge on any atom is 0.256 e. The van der Waals surface area contributed by atoms with Crippen LogP contribution in [0.2, 0.25) is 0 Å². The number of ether oxygens (including phenoxy) is 2. The first kappa shape index (κ1) is 18.1. The zero-order valence-corrected chi connectivity index (χ0v) is 14.9. The number of methoxy groups -OCH3 is 1. The molecule has 26 heavy (non-hydrogen) atoms. The van der Waals surface area contributed by atoms with E-state index in [1.54, 1.807) is 17.0 Å². The van der Waals surface area contributed by atoms with Crippen molar-refractivity contribution >= 4 is 11.6 Å². The van der Waals surface area contributed by atoms with E-state index in [1.807, 2.05) is 30.3 Å². The number of benzene rings is 2. The number of aliphatic hydroxyl groups is 1. The van der Waals surface area contributed by atoms with Crippen LogP contribution in [0.15, 0.2) is 42.5 Å². The molecule has 6 nitrogen and oxygen atoms in total. The van der Waals surface area contributed by atoms with Gasteiger partial charge in [0, 0.05) is 18.3 Å². The molecule has 2 aromatic rings. The SMILES string of the molecule is COc1cc(N)c(C(=O)N2CCC[C@H]2CO)cc1OCc1ccccc1. The first-order valence-corrected chi connectivity index (χ1v) is 8.70. The van der Waals surface area contributed by atoms with E-state index in [9.17, 15) is 9.90 Å². The number of hydrogen-bond acceptors (Lipinski definition) is 5. The summed E-state index contributed by atoms with van der Waals surface area (Å²) in [5.41, 5.74) is 7.80. The lowest BCUT2D eigenvalue weighted by Crippen LogP contribution is -2.38. The molecule has 2 aromatic carbocycles. The standard InChI is InChI=1S/C20H24N2O4/c1-25-18-11-17(21)16(20(24)22-9-5-8-15(22)12-23)10-19(18)26-13-14-6-3-2-4-7-14/h2-4,6-7,10-11,15,23H,5,8-9,12-13,21H2,1H3/t15-/m0/s1. The van der Waals surface area contributed by atoms with E-state index in [-0.39, 0.29) is 18.6 Å². The first-order chi connectivity index (χ1) is 12.6. The molecule has 1 saturated heterocycles. The summed E-state index contributed by atoms with van der Waals surface area (Å²) < 4.78 is 11.2. The van der Waals surface area contributed by atoms with Gasteiger partial charge in [0.25, 0.3) is 5.91 Å². The number of carbonyl (C=O) groups is 1. The van der Waals surface area contributed by atoms with Gasteiger partial charge in [-0.05, 0) is 24.5 Å². The molecule has 1 aliphatic heterocycles. The van der Waals surface area contributed by atoms with Crippen molar-refractivity contribution in [2.24, 2.45) is 0 Å².